The predicted octanol–water partition coefficient (Wildman–Crippen LogP) is 1.74. The number of aromatic nitrogens is 1. The molecule has 1 saturated heterocycles. The Bertz CT molecular complexity index is 494. The molecule has 1 aromatic heterocycles. The topological polar surface area (TPSA) is 51.7 Å². The lowest BCUT2D eigenvalue weighted by Crippen LogP contribution is -2.56. The monoisotopic (exact) mass is 290 g/mol. The van der Waals surface area contributed by atoms with Crippen molar-refractivity contribution in [3.63, 3.8) is 0 Å². The van der Waals surface area contributed by atoms with E-state index in [1.807, 2.05) is 11.0 Å². The molecule has 0 N–H and O–H groups in total. The summed E-state index contributed by atoms with van der Waals surface area (Å²) in [5.41, 5.74) is 0.433. The van der Waals surface area contributed by atoms with E-state index in [1.54, 1.807) is 25.6 Å². The van der Waals surface area contributed by atoms with Crippen LogP contribution in [-0.2, 0) is 9.47 Å². The van der Waals surface area contributed by atoms with Crippen LogP contribution in [0, 0.1) is 5.92 Å². The van der Waals surface area contributed by atoms with Gasteiger partial charge in [0.15, 0.2) is 0 Å². The highest BCUT2D eigenvalue weighted by Crippen LogP contribution is 2.41. The van der Waals surface area contributed by atoms with Gasteiger partial charge in [-0.25, -0.2) is 0 Å². The van der Waals surface area contributed by atoms with Gasteiger partial charge in [-0.1, -0.05) is 6.42 Å². The lowest BCUT2D eigenvalue weighted by molar-refractivity contribution is -0.130. The third-order valence-corrected chi connectivity index (χ3v) is 4.67. The Morgan fingerprint density at radius 1 is 1.62 bits per heavy atom. The molecule has 1 spiro atoms. The molecule has 114 valence electrons. The van der Waals surface area contributed by atoms with E-state index in [-0.39, 0.29) is 11.5 Å². The van der Waals surface area contributed by atoms with Crippen LogP contribution in [0.4, 0.5) is 0 Å². The van der Waals surface area contributed by atoms with Crippen molar-refractivity contribution in [2.75, 3.05) is 33.4 Å². The average Bonchev–Trinajstić information content (AvgIpc) is 2.90. The Labute approximate surface area is 125 Å². The smallest absolute Gasteiger partial charge is 0.255 e. The van der Waals surface area contributed by atoms with Gasteiger partial charge >= 0.3 is 0 Å². The molecular formula is C16H22N2O3. The molecule has 0 bridgehead atoms. The first-order valence-electron chi connectivity index (χ1n) is 7.57. The molecule has 2 atom stereocenters. The van der Waals surface area contributed by atoms with Crippen molar-refractivity contribution in [1.82, 2.24) is 9.88 Å². The minimum absolute atomic E-state index is 0.0499. The summed E-state index contributed by atoms with van der Waals surface area (Å²) < 4.78 is 11.5. The van der Waals surface area contributed by atoms with Crippen molar-refractivity contribution in [3.8, 4) is 0 Å². The van der Waals surface area contributed by atoms with E-state index in [2.05, 4.69) is 4.98 Å². The molecule has 2 heterocycles. The molecule has 1 saturated carbocycles. The molecule has 2 aliphatic rings. The van der Waals surface area contributed by atoms with Crippen LogP contribution < -0.4 is 0 Å². The van der Waals surface area contributed by atoms with E-state index in [4.69, 9.17) is 9.47 Å². The zero-order valence-corrected chi connectivity index (χ0v) is 12.5. The van der Waals surface area contributed by atoms with Crippen molar-refractivity contribution >= 4 is 5.91 Å². The standard InChI is InChI=1S/C16H22N2O3/c1-20-11-14-5-2-6-16(14)12-18(8-9-21-16)15(19)13-4-3-7-17-10-13/h3-4,7,10,14H,2,5-6,8-9,11-12H2,1H3/t14-,16+/m1/s1. The van der Waals surface area contributed by atoms with Gasteiger partial charge in [0.25, 0.3) is 5.91 Å². The first-order chi connectivity index (χ1) is 10.2. The first-order valence-corrected chi connectivity index (χ1v) is 7.57. The Balaban J connectivity index is 1.75. The minimum Gasteiger partial charge on any atom is -0.384 e. The molecule has 1 aliphatic heterocycles. The Morgan fingerprint density at radius 2 is 2.52 bits per heavy atom. The lowest BCUT2D eigenvalue weighted by atomic mass is 9.89. The van der Waals surface area contributed by atoms with Gasteiger partial charge in [-0.05, 0) is 25.0 Å². The summed E-state index contributed by atoms with van der Waals surface area (Å²) in [7, 11) is 1.73. The largest absolute Gasteiger partial charge is 0.384 e. The molecule has 0 radical (unpaired) electrons. The van der Waals surface area contributed by atoms with Crippen LogP contribution in [0.2, 0.25) is 0 Å². The molecule has 2 fully saturated rings. The van der Waals surface area contributed by atoms with Crippen molar-refractivity contribution in [2.45, 2.75) is 24.9 Å². The SMILES string of the molecule is COC[C@H]1CCC[C@]12CN(C(=O)c1cccnc1)CCO2. The number of carbonyl (C=O) groups is 1. The molecule has 1 aliphatic carbocycles. The predicted molar refractivity (Wildman–Crippen MR) is 78.0 cm³/mol. The quantitative estimate of drug-likeness (QED) is 0.851. The summed E-state index contributed by atoms with van der Waals surface area (Å²) in [6.45, 7) is 2.62. The summed E-state index contributed by atoms with van der Waals surface area (Å²) in [6.07, 6.45) is 6.58. The number of methoxy groups -OCH3 is 1. The van der Waals surface area contributed by atoms with Gasteiger partial charge in [0, 0.05) is 32.0 Å². The summed E-state index contributed by atoms with van der Waals surface area (Å²) >= 11 is 0. The summed E-state index contributed by atoms with van der Waals surface area (Å²) in [4.78, 5) is 18.5. The van der Waals surface area contributed by atoms with E-state index >= 15 is 0 Å². The normalized spacial score (nSPS) is 29.0. The van der Waals surface area contributed by atoms with E-state index in [0.717, 1.165) is 19.3 Å². The van der Waals surface area contributed by atoms with Crippen LogP contribution in [0.3, 0.4) is 0 Å². The maximum absolute atomic E-state index is 12.6. The van der Waals surface area contributed by atoms with Crippen molar-refractivity contribution < 1.29 is 14.3 Å². The van der Waals surface area contributed by atoms with Crippen LogP contribution in [0.5, 0.6) is 0 Å². The summed E-state index contributed by atoms with van der Waals surface area (Å²) in [6, 6.07) is 3.62. The fraction of sp³-hybridized carbons (Fsp3) is 0.625. The minimum atomic E-state index is -0.216. The third-order valence-electron chi connectivity index (χ3n) is 4.67. The van der Waals surface area contributed by atoms with Crippen molar-refractivity contribution in [1.29, 1.82) is 0 Å². The highest BCUT2D eigenvalue weighted by Gasteiger charge is 2.47. The number of hydrogen-bond donors (Lipinski definition) is 0. The molecule has 0 unspecified atom stereocenters. The Hall–Kier alpha value is -1.46. The molecule has 5 heteroatoms. The lowest BCUT2D eigenvalue weighted by Gasteiger charge is -2.44. The van der Waals surface area contributed by atoms with Gasteiger partial charge in [0.05, 0.1) is 30.9 Å². The van der Waals surface area contributed by atoms with Gasteiger partial charge in [0.2, 0.25) is 0 Å². The number of morpholine rings is 1. The fourth-order valence-corrected chi connectivity index (χ4v) is 3.60. The molecule has 21 heavy (non-hydrogen) atoms. The summed E-state index contributed by atoms with van der Waals surface area (Å²) in [5.74, 6) is 0.431. The van der Waals surface area contributed by atoms with Gasteiger partial charge in [0.1, 0.15) is 0 Å². The maximum atomic E-state index is 12.6. The highest BCUT2D eigenvalue weighted by atomic mass is 16.5. The number of amides is 1. The Morgan fingerprint density at radius 3 is 3.29 bits per heavy atom. The highest BCUT2D eigenvalue weighted by molar-refractivity contribution is 5.94. The van der Waals surface area contributed by atoms with Gasteiger partial charge < -0.3 is 14.4 Å². The van der Waals surface area contributed by atoms with Gasteiger partial charge in [-0.15, -0.1) is 0 Å². The number of hydrogen-bond acceptors (Lipinski definition) is 4. The van der Waals surface area contributed by atoms with Crippen LogP contribution in [0.1, 0.15) is 29.6 Å². The van der Waals surface area contributed by atoms with E-state index < -0.39 is 0 Å². The van der Waals surface area contributed by atoms with Crippen LogP contribution in [-0.4, -0.2) is 54.8 Å². The van der Waals surface area contributed by atoms with Gasteiger partial charge in [-0.3, -0.25) is 9.78 Å². The van der Waals surface area contributed by atoms with Crippen LogP contribution >= 0.6 is 0 Å². The number of pyridine rings is 1. The third kappa shape index (κ3) is 2.80. The van der Waals surface area contributed by atoms with E-state index in [9.17, 15) is 4.79 Å². The zero-order valence-electron chi connectivity index (χ0n) is 12.5. The second kappa shape index (κ2) is 6.12. The number of carbonyl (C=O) groups excluding carboxylic acids is 1. The Kier molecular flexibility index (Phi) is 4.22. The molecule has 5 nitrogen and oxygen atoms in total. The molecule has 3 rings (SSSR count). The average molecular weight is 290 g/mol. The van der Waals surface area contributed by atoms with Crippen LogP contribution in [0.15, 0.2) is 24.5 Å². The fourth-order valence-electron chi connectivity index (χ4n) is 3.60. The number of nitrogens with zero attached hydrogens (tertiary/aromatic N) is 2. The number of ether oxygens (including phenoxy) is 2. The van der Waals surface area contributed by atoms with Crippen molar-refractivity contribution in [3.05, 3.63) is 30.1 Å². The molecule has 1 amide bonds. The molecular weight excluding hydrogens is 268 g/mol. The number of rotatable bonds is 3. The summed E-state index contributed by atoms with van der Waals surface area (Å²) in [5, 5.41) is 0. The van der Waals surface area contributed by atoms with E-state index in [1.165, 1.54) is 0 Å². The molecule has 1 aromatic rings. The van der Waals surface area contributed by atoms with Crippen molar-refractivity contribution in [2.24, 2.45) is 5.92 Å². The first kappa shape index (κ1) is 14.5. The van der Waals surface area contributed by atoms with Gasteiger partial charge in [-0.2, -0.15) is 0 Å². The molecule has 0 aromatic carbocycles. The van der Waals surface area contributed by atoms with E-state index in [0.29, 0.717) is 37.8 Å². The zero-order chi connectivity index (χ0) is 14.7. The maximum Gasteiger partial charge on any atom is 0.255 e. The second-order valence-electron chi connectivity index (χ2n) is 5.93. The second-order valence-corrected chi connectivity index (χ2v) is 5.93. The van der Waals surface area contributed by atoms with Crippen LogP contribution in [0.25, 0.3) is 0 Å².